The van der Waals surface area contributed by atoms with Gasteiger partial charge in [0.25, 0.3) is 0 Å². The molecule has 1 aliphatic rings. The molecule has 5 heteroatoms. The highest BCUT2D eigenvalue weighted by Gasteiger charge is 2.28. The quantitative estimate of drug-likeness (QED) is 0.785. The van der Waals surface area contributed by atoms with Crippen LogP contribution in [0.5, 0.6) is 0 Å². The third-order valence-corrected chi connectivity index (χ3v) is 3.13. The van der Waals surface area contributed by atoms with E-state index in [-0.39, 0.29) is 5.76 Å². The molecule has 0 aromatic carbocycles. The molecule has 94 valence electrons. The Morgan fingerprint density at radius 3 is 2.94 bits per heavy atom. The van der Waals surface area contributed by atoms with Crippen LogP contribution in [0.15, 0.2) is 16.7 Å². The second-order valence-electron chi connectivity index (χ2n) is 4.17. The molecule has 0 aliphatic heterocycles. The molecule has 0 radical (unpaired) electrons. The highest BCUT2D eigenvalue weighted by Crippen LogP contribution is 2.23. The van der Waals surface area contributed by atoms with Gasteiger partial charge >= 0.3 is 5.97 Å². The van der Waals surface area contributed by atoms with E-state index in [9.17, 15) is 4.79 Å². The fourth-order valence-corrected chi connectivity index (χ4v) is 1.93. The average Bonchev–Trinajstić information content (AvgIpc) is 2.74. The Morgan fingerprint density at radius 1 is 1.53 bits per heavy atom. The highest BCUT2D eigenvalue weighted by molar-refractivity contribution is 5.87. The van der Waals surface area contributed by atoms with Gasteiger partial charge in [-0.3, -0.25) is 0 Å². The lowest BCUT2D eigenvalue weighted by atomic mass is 9.89. The van der Waals surface area contributed by atoms with Crippen LogP contribution >= 0.6 is 0 Å². The van der Waals surface area contributed by atoms with Crippen LogP contribution in [0.3, 0.4) is 0 Å². The maximum atomic E-state index is 11.4. The predicted octanol–water partition coefficient (Wildman–Crippen LogP) is 1.33. The van der Waals surface area contributed by atoms with Crippen LogP contribution in [0, 0.1) is 0 Å². The second kappa shape index (κ2) is 5.33. The van der Waals surface area contributed by atoms with Crippen molar-refractivity contribution in [2.24, 2.45) is 0 Å². The molecule has 0 bridgehead atoms. The molecule has 2 rings (SSSR count). The van der Waals surface area contributed by atoms with Gasteiger partial charge in [0.2, 0.25) is 5.76 Å². The van der Waals surface area contributed by atoms with Crippen molar-refractivity contribution in [1.29, 1.82) is 0 Å². The largest absolute Gasteiger partial charge is 0.463 e. The van der Waals surface area contributed by atoms with Crippen molar-refractivity contribution in [3.8, 4) is 0 Å². The number of esters is 1. The Bertz CT molecular complexity index is 382. The van der Waals surface area contributed by atoms with Crippen molar-refractivity contribution in [2.75, 3.05) is 14.2 Å². The number of furan rings is 1. The molecule has 0 unspecified atom stereocenters. The summed E-state index contributed by atoms with van der Waals surface area (Å²) >= 11 is 0. The number of carbonyl (C=O) groups is 1. The predicted molar refractivity (Wildman–Crippen MR) is 60.7 cm³/mol. The molecular weight excluding hydrogens is 222 g/mol. The molecule has 1 fully saturated rings. The minimum Gasteiger partial charge on any atom is -0.463 e. The number of hydrogen-bond donors (Lipinski definition) is 1. The van der Waals surface area contributed by atoms with Gasteiger partial charge in [-0.1, -0.05) is 0 Å². The van der Waals surface area contributed by atoms with E-state index in [4.69, 9.17) is 9.15 Å². The summed E-state index contributed by atoms with van der Waals surface area (Å²) in [6.07, 6.45) is 3.91. The molecule has 0 saturated heterocycles. The van der Waals surface area contributed by atoms with E-state index in [0.29, 0.717) is 18.7 Å². The Hall–Kier alpha value is -1.33. The minimum atomic E-state index is -0.435. The number of carbonyl (C=O) groups excluding carboxylic acids is 1. The van der Waals surface area contributed by atoms with Crippen LogP contribution in [0.1, 0.15) is 29.0 Å². The fraction of sp³-hybridized carbons (Fsp3) is 0.583. The van der Waals surface area contributed by atoms with Crippen LogP contribution in [-0.2, 0) is 16.0 Å². The van der Waals surface area contributed by atoms with Gasteiger partial charge in [0.1, 0.15) is 0 Å². The molecule has 1 aromatic heterocycles. The number of ether oxygens (including phenoxy) is 2. The van der Waals surface area contributed by atoms with E-state index in [0.717, 1.165) is 18.4 Å². The maximum Gasteiger partial charge on any atom is 0.374 e. The lowest BCUT2D eigenvalue weighted by Gasteiger charge is -2.34. The summed E-state index contributed by atoms with van der Waals surface area (Å²) < 4.78 is 14.9. The average molecular weight is 239 g/mol. The summed E-state index contributed by atoms with van der Waals surface area (Å²) in [5, 5.41) is 3.36. The molecule has 17 heavy (non-hydrogen) atoms. The van der Waals surface area contributed by atoms with Crippen LogP contribution in [0.4, 0.5) is 0 Å². The van der Waals surface area contributed by atoms with E-state index in [1.165, 1.54) is 13.4 Å². The van der Waals surface area contributed by atoms with Crippen LogP contribution in [-0.4, -0.2) is 32.3 Å². The van der Waals surface area contributed by atoms with Gasteiger partial charge in [0.15, 0.2) is 0 Å². The first kappa shape index (κ1) is 12.1. The zero-order chi connectivity index (χ0) is 12.3. The Balaban J connectivity index is 1.83. The standard InChI is InChI=1S/C12H17NO4/c1-15-10-5-9(6-10)13-7-8-3-4-17-11(8)12(14)16-2/h3-4,9-10,13H,5-7H2,1-2H3. The zero-order valence-corrected chi connectivity index (χ0v) is 10.1. The molecule has 0 atom stereocenters. The molecule has 5 nitrogen and oxygen atoms in total. The van der Waals surface area contributed by atoms with Crippen molar-refractivity contribution in [1.82, 2.24) is 5.32 Å². The van der Waals surface area contributed by atoms with Gasteiger partial charge in [0, 0.05) is 25.3 Å². The molecule has 1 N–H and O–H groups in total. The Kier molecular flexibility index (Phi) is 3.81. The number of rotatable bonds is 5. The summed E-state index contributed by atoms with van der Waals surface area (Å²) in [5.74, 6) is -0.155. The van der Waals surface area contributed by atoms with E-state index in [2.05, 4.69) is 10.1 Å². The van der Waals surface area contributed by atoms with Gasteiger partial charge < -0.3 is 19.2 Å². The summed E-state index contributed by atoms with van der Waals surface area (Å²) in [6.45, 7) is 0.613. The monoisotopic (exact) mass is 239 g/mol. The van der Waals surface area contributed by atoms with Gasteiger partial charge in [0.05, 0.1) is 19.5 Å². The summed E-state index contributed by atoms with van der Waals surface area (Å²) in [4.78, 5) is 11.4. The topological polar surface area (TPSA) is 60.7 Å². The molecule has 0 amide bonds. The van der Waals surface area contributed by atoms with Crippen molar-refractivity contribution < 1.29 is 18.7 Å². The second-order valence-corrected chi connectivity index (χ2v) is 4.17. The molecule has 1 saturated carbocycles. The molecule has 1 aliphatic carbocycles. The van der Waals surface area contributed by atoms with Gasteiger partial charge in [-0.2, -0.15) is 0 Å². The number of hydrogen-bond acceptors (Lipinski definition) is 5. The molecule has 1 heterocycles. The lowest BCUT2D eigenvalue weighted by Crippen LogP contribution is -2.44. The van der Waals surface area contributed by atoms with Crippen molar-refractivity contribution >= 4 is 5.97 Å². The summed E-state index contributed by atoms with van der Waals surface area (Å²) in [6, 6.07) is 2.24. The Labute approximate surface area is 100 Å². The van der Waals surface area contributed by atoms with Crippen molar-refractivity contribution in [2.45, 2.75) is 31.5 Å². The summed E-state index contributed by atoms with van der Waals surface area (Å²) in [7, 11) is 3.07. The first-order chi connectivity index (χ1) is 8.24. The van der Waals surface area contributed by atoms with Crippen LogP contribution in [0.25, 0.3) is 0 Å². The number of methoxy groups -OCH3 is 2. The van der Waals surface area contributed by atoms with Crippen molar-refractivity contribution in [3.63, 3.8) is 0 Å². The normalized spacial score (nSPS) is 23.2. The van der Waals surface area contributed by atoms with Crippen molar-refractivity contribution in [3.05, 3.63) is 23.7 Å². The lowest BCUT2D eigenvalue weighted by molar-refractivity contribution is 0.0169. The SMILES string of the molecule is COC(=O)c1occc1CNC1CC(OC)C1. The molecule has 1 aromatic rings. The smallest absolute Gasteiger partial charge is 0.374 e. The summed E-state index contributed by atoms with van der Waals surface area (Å²) in [5.41, 5.74) is 0.831. The van der Waals surface area contributed by atoms with Crippen LogP contribution in [0.2, 0.25) is 0 Å². The third kappa shape index (κ3) is 2.68. The van der Waals surface area contributed by atoms with E-state index >= 15 is 0 Å². The fourth-order valence-electron chi connectivity index (χ4n) is 1.93. The molecular formula is C12H17NO4. The third-order valence-electron chi connectivity index (χ3n) is 3.13. The van der Waals surface area contributed by atoms with Gasteiger partial charge in [-0.25, -0.2) is 4.79 Å². The zero-order valence-electron chi connectivity index (χ0n) is 10.1. The maximum absolute atomic E-state index is 11.4. The van der Waals surface area contributed by atoms with Gasteiger partial charge in [-0.15, -0.1) is 0 Å². The first-order valence-electron chi connectivity index (χ1n) is 5.65. The first-order valence-corrected chi connectivity index (χ1v) is 5.65. The highest BCUT2D eigenvalue weighted by atomic mass is 16.5. The Morgan fingerprint density at radius 2 is 2.29 bits per heavy atom. The minimum absolute atomic E-state index is 0.280. The van der Waals surface area contributed by atoms with Crippen LogP contribution < -0.4 is 5.32 Å². The molecule has 0 spiro atoms. The van der Waals surface area contributed by atoms with E-state index < -0.39 is 5.97 Å². The van der Waals surface area contributed by atoms with E-state index in [1.54, 1.807) is 13.2 Å². The van der Waals surface area contributed by atoms with E-state index in [1.807, 2.05) is 0 Å². The number of nitrogens with one attached hydrogen (secondary N) is 1. The van der Waals surface area contributed by atoms with Gasteiger partial charge in [-0.05, 0) is 18.9 Å².